The Morgan fingerprint density at radius 1 is 1.09 bits per heavy atom. The molecule has 0 bridgehead atoms. The number of thiophene rings is 1. The molecule has 1 amide bonds. The van der Waals surface area contributed by atoms with Crippen LogP contribution in [0.25, 0.3) is 0 Å². The van der Waals surface area contributed by atoms with Crippen molar-refractivity contribution in [1.29, 1.82) is 0 Å². The Hall–Kier alpha value is -2.39. The van der Waals surface area contributed by atoms with Gasteiger partial charge >= 0.3 is 5.97 Å². The van der Waals surface area contributed by atoms with E-state index in [2.05, 4.69) is 4.72 Å². The van der Waals surface area contributed by atoms with Crippen molar-refractivity contribution in [3.05, 3.63) is 45.3 Å². The minimum atomic E-state index is -4.00. The van der Waals surface area contributed by atoms with Crippen LogP contribution in [0.4, 0.5) is 5.69 Å². The third-order valence-electron chi connectivity index (χ3n) is 7.02. The maximum Gasteiger partial charge on any atom is 0.340 e. The first-order valence-corrected chi connectivity index (χ1v) is 13.8. The maximum absolute atomic E-state index is 13.4. The van der Waals surface area contributed by atoms with Gasteiger partial charge < -0.3 is 9.64 Å². The topological polar surface area (TPSA) is 92.8 Å². The zero-order valence-corrected chi connectivity index (χ0v) is 20.3. The lowest BCUT2D eigenvalue weighted by Gasteiger charge is -2.29. The predicted molar refractivity (Wildman–Crippen MR) is 126 cm³/mol. The highest BCUT2D eigenvalue weighted by molar-refractivity contribution is 7.94. The van der Waals surface area contributed by atoms with Gasteiger partial charge in [0.1, 0.15) is 0 Å². The van der Waals surface area contributed by atoms with E-state index in [1.807, 2.05) is 17.0 Å². The van der Waals surface area contributed by atoms with Crippen LogP contribution < -0.4 is 4.72 Å². The molecule has 2 aliphatic carbocycles. The van der Waals surface area contributed by atoms with Crippen LogP contribution in [-0.4, -0.2) is 38.8 Å². The fourth-order valence-corrected chi connectivity index (χ4v) is 8.28. The van der Waals surface area contributed by atoms with Crippen LogP contribution in [0.2, 0.25) is 0 Å². The number of anilines is 1. The van der Waals surface area contributed by atoms with E-state index in [1.54, 1.807) is 6.07 Å². The van der Waals surface area contributed by atoms with Crippen LogP contribution in [-0.2, 0) is 45.4 Å². The average molecular weight is 489 g/mol. The first-order chi connectivity index (χ1) is 15.9. The summed E-state index contributed by atoms with van der Waals surface area (Å²) in [5, 5.41) is 0. The van der Waals surface area contributed by atoms with Crippen LogP contribution in [0.1, 0.15) is 64.0 Å². The molecule has 2 heterocycles. The number of fused-ring (bicyclic) bond motifs is 2. The van der Waals surface area contributed by atoms with Gasteiger partial charge in [0.05, 0.1) is 19.2 Å². The van der Waals surface area contributed by atoms with Gasteiger partial charge in [0, 0.05) is 23.0 Å². The van der Waals surface area contributed by atoms with Crippen molar-refractivity contribution in [2.45, 2.75) is 62.1 Å². The van der Waals surface area contributed by atoms with E-state index >= 15 is 0 Å². The van der Waals surface area contributed by atoms with Crippen LogP contribution in [0.15, 0.2) is 22.4 Å². The number of carbonyl (C=O) groups excluding carboxylic acids is 2. The quantitative estimate of drug-likeness (QED) is 0.645. The van der Waals surface area contributed by atoms with Crippen molar-refractivity contribution >= 4 is 38.9 Å². The number of nitrogens with zero attached hydrogens (tertiary/aromatic N) is 1. The van der Waals surface area contributed by atoms with Crippen molar-refractivity contribution < 1.29 is 22.7 Å². The average Bonchev–Trinajstić information content (AvgIpc) is 3.56. The molecular weight excluding hydrogens is 460 g/mol. The Morgan fingerprint density at radius 3 is 2.61 bits per heavy atom. The summed E-state index contributed by atoms with van der Waals surface area (Å²) < 4.78 is 34.4. The van der Waals surface area contributed by atoms with E-state index in [1.165, 1.54) is 12.7 Å². The molecule has 1 aromatic carbocycles. The van der Waals surface area contributed by atoms with E-state index in [-0.39, 0.29) is 21.6 Å². The van der Waals surface area contributed by atoms with Crippen LogP contribution in [0.3, 0.4) is 0 Å². The second kappa shape index (κ2) is 8.76. The van der Waals surface area contributed by atoms with Gasteiger partial charge in [-0.3, -0.25) is 9.52 Å². The van der Waals surface area contributed by atoms with Crippen molar-refractivity contribution in [2.75, 3.05) is 18.4 Å². The fraction of sp³-hybridized carbons (Fsp3) is 0.500. The van der Waals surface area contributed by atoms with E-state index in [9.17, 15) is 18.0 Å². The molecule has 176 valence electrons. The molecule has 3 aliphatic rings. The Bertz CT molecular complexity index is 1210. The molecule has 0 saturated heterocycles. The lowest BCUT2D eigenvalue weighted by atomic mass is 10.0. The number of sulfonamides is 1. The zero-order valence-electron chi connectivity index (χ0n) is 18.7. The summed E-state index contributed by atoms with van der Waals surface area (Å²) in [6.45, 7) is 0.828. The second-order valence-corrected chi connectivity index (χ2v) is 12.1. The molecule has 0 spiro atoms. The molecule has 1 aliphatic heterocycles. The molecule has 0 radical (unpaired) electrons. The minimum Gasteiger partial charge on any atom is -0.465 e. The first kappa shape index (κ1) is 22.4. The van der Waals surface area contributed by atoms with Crippen molar-refractivity contribution in [3.63, 3.8) is 0 Å². The summed E-state index contributed by atoms with van der Waals surface area (Å²) in [4.78, 5) is 28.2. The summed E-state index contributed by atoms with van der Waals surface area (Å²) in [6, 6.07) is 5.62. The number of hydrogen-bond acceptors (Lipinski definition) is 6. The predicted octanol–water partition coefficient (Wildman–Crippen LogP) is 3.90. The zero-order chi connectivity index (χ0) is 23.2. The summed E-state index contributed by atoms with van der Waals surface area (Å²) in [6.07, 6.45) is 7.48. The Labute approximate surface area is 198 Å². The van der Waals surface area contributed by atoms with Gasteiger partial charge in [0.2, 0.25) is 5.91 Å². The van der Waals surface area contributed by atoms with E-state index < -0.39 is 16.0 Å². The highest BCUT2D eigenvalue weighted by Gasteiger charge is 2.36. The van der Waals surface area contributed by atoms with E-state index in [0.717, 1.165) is 66.7 Å². The number of methoxy groups -OCH3 is 1. The molecule has 0 unspecified atom stereocenters. The molecule has 1 fully saturated rings. The molecule has 1 aromatic heterocycles. The number of aryl methyl sites for hydroxylation is 2. The summed E-state index contributed by atoms with van der Waals surface area (Å²) in [5.41, 5.74) is 3.72. The van der Waals surface area contributed by atoms with Crippen molar-refractivity contribution in [3.8, 4) is 0 Å². The standard InChI is InChI=1S/C24H28N2O5S2/c1-31-23(28)21-19-11-12-26(22(27)16-5-2-3-6-16)14-20(19)32-24(21)33(29,30)25-18-10-9-15-7-4-8-17(15)13-18/h9-10,13,16,25H,2-8,11-12,14H2,1H3. The van der Waals surface area contributed by atoms with Crippen LogP contribution in [0, 0.1) is 5.92 Å². The van der Waals surface area contributed by atoms with Gasteiger partial charge in [-0.1, -0.05) is 18.9 Å². The van der Waals surface area contributed by atoms with Crippen molar-refractivity contribution in [1.82, 2.24) is 4.90 Å². The smallest absolute Gasteiger partial charge is 0.340 e. The third kappa shape index (κ3) is 4.17. The number of nitrogens with one attached hydrogen (secondary N) is 1. The van der Waals surface area contributed by atoms with E-state index in [4.69, 9.17) is 4.74 Å². The van der Waals surface area contributed by atoms with Crippen LogP contribution >= 0.6 is 11.3 Å². The number of benzene rings is 1. The van der Waals surface area contributed by atoms with Gasteiger partial charge in [-0.15, -0.1) is 11.3 Å². The molecule has 2 aromatic rings. The number of ether oxygens (including phenoxy) is 1. The van der Waals surface area contributed by atoms with E-state index in [0.29, 0.717) is 30.8 Å². The molecule has 1 saturated carbocycles. The minimum absolute atomic E-state index is 0.0324. The number of amides is 1. The monoisotopic (exact) mass is 488 g/mol. The second-order valence-electron chi connectivity index (χ2n) is 9.09. The largest absolute Gasteiger partial charge is 0.465 e. The molecule has 33 heavy (non-hydrogen) atoms. The van der Waals surface area contributed by atoms with Gasteiger partial charge in [0.25, 0.3) is 10.0 Å². The van der Waals surface area contributed by atoms with Gasteiger partial charge in [-0.2, -0.15) is 0 Å². The molecule has 9 heteroatoms. The fourth-order valence-electron chi connectivity index (χ4n) is 5.33. The molecule has 0 atom stereocenters. The van der Waals surface area contributed by atoms with Gasteiger partial charge in [-0.05, 0) is 67.3 Å². The Morgan fingerprint density at radius 2 is 1.85 bits per heavy atom. The Balaban J connectivity index is 1.46. The summed E-state index contributed by atoms with van der Waals surface area (Å²) in [7, 11) is -2.74. The molecule has 5 rings (SSSR count). The van der Waals surface area contributed by atoms with Gasteiger partial charge in [0.15, 0.2) is 4.21 Å². The number of hydrogen-bond donors (Lipinski definition) is 1. The first-order valence-electron chi connectivity index (χ1n) is 11.5. The third-order valence-corrected chi connectivity index (χ3v) is 10.1. The number of carbonyl (C=O) groups is 2. The molecular formula is C24H28N2O5S2. The van der Waals surface area contributed by atoms with Gasteiger partial charge in [-0.25, -0.2) is 13.2 Å². The van der Waals surface area contributed by atoms with Crippen LogP contribution in [0.5, 0.6) is 0 Å². The molecule has 1 N–H and O–H groups in total. The summed E-state index contributed by atoms with van der Waals surface area (Å²) in [5.74, 6) is -0.444. The Kier molecular flexibility index (Phi) is 5.95. The number of rotatable bonds is 5. The summed E-state index contributed by atoms with van der Waals surface area (Å²) >= 11 is 1.08. The number of esters is 1. The normalized spacial score (nSPS) is 18.2. The highest BCUT2D eigenvalue weighted by atomic mass is 32.2. The lowest BCUT2D eigenvalue weighted by Crippen LogP contribution is -2.39. The maximum atomic E-state index is 13.4. The highest BCUT2D eigenvalue weighted by Crippen LogP contribution is 2.39. The molecule has 7 nitrogen and oxygen atoms in total. The van der Waals surface area contributed by atoms with Crippen molar-refractivity contribution in [2.24, 2.45) is 5.92 Å². The SMILES string of the molecule is COC(=O)c1c(S(=O)(=O)Nc2ccc3c(c2)CCC3)sc2c1CCN(C(=O)C1CCCC1)C2. The lowest BCUT2D eigenvalue weighted by molar-refractivity contribution is -0.136.